The van der Waals surface area contributed by atoms with Gasteiger partial charge in [-0.2, -0.15) is 15.1 Å². The molecule has 0 amide bonds. The Morgan fingerprint density at radius 1 is 1.20 bits per heavy atom. The van der Waals surface area contributed by atoms with E-state index in [9.17, 15) is 9.36 Å². The van der Waals surface area contributed by atoms with E-state index in [2.05, 4.69) is 20.0 Å². The Kier molecular flexibility index (Phi) is 8.27. The summed E-state index contributed by atoms with van der Waals surface area (Å²) in [4.78, 5) is 25.0. The van der Waals surface area contributed by atoms with Gasteiger partial charge < -0.3 is 29.2 Å². The molecule has 222 valence electrons. The van der Waals surface area contributed by atoms with Gasteiger partial charge in [-0.25, -0.2) is 9.55 Å². The molecule has 16 heteroatoms. The van der Waals surface area contributed by atoms with Crippen molar-refractivity contribution in [3.8, 4) is 5.75 Å². The van der Waals surface area contributed by atoms with Crippen molar-refractivity contribution in [3.63, 3.8) is 0 Å². The Hall–Kier alpha value is -2.84. The van der Waals surface area contributed by atoms with Gasteiger partial charge in [0.1, 0.15) is 35.6 Å². The summed E-state index contributed by atoms with van der Waals surface area (Å²) in [7, 11) is -4.15. The fourth-order valence-corrected chi connectivity index (χ4v) is 6.33. The highest BCUT2D eigenvalue weighted by Crippen LogP contribution is 2.48. The summed E-state index contributed by atoms with van der Waals surface area (Å²) in [6, 6.07) is 7.45. The molecule has 3 aromatic rings. The van der Waals surface area contributed by atoms with Crippen molar-refractivity contribution in [1.29, 1.82) is 0 Å². The van der Waals surface area contributed by atoms with Crippen LogP contribution in [-0.2, 0) is 32.8 Å². The number of aromatic nitrogens is 4. The first-order chi connectivity index (χ1) is 19.3. The molecule has 2 saturated heterocycles. The third-order valence-corrected chi connectivity index (χ3v) is 8.14. The van der Waals surface area contributed by atoms with E-state index in [1.54, 1.807) is 62.6 Å². The number of para-hydroxylation sites is 1. The highest BCUT2D eigenvalue weighted by molar-refractivity contribution is 7.52. The predicted octanol–water partition coefficient (Wildman–Crippen LogP) is 3.61. The predicted molar refractivity (Wildman–Crippen MR) is 147 cm³/mol. The van der Waals surface area contributed by atoms with Crippen LogP contribution in [0.1, 0.15) is 40.8 Å². The number of carbonyl (C=O) groups is 1. The molecule has 0 spiro atoms. The van der Waals surface area contributed by atoms with Gasteiger partial charge in [0, 0.05) is 0 Å². The van der Waals surface area contributed by atoms with E-state index in [1.807, 2.05) is 0 Å². The molecule has 0 radical (unpaired) electrons. The Balaban J connectivity index is 1.39. The average molecular weight is 611 g/mol. The smallest absolute Gasteiger partial charge is 0.459 e. The molecule has 6 atom stereocenters. The lowest BCUT2D eigenvalue weighted by atomic mass is 10.1. The number of benzene rings is 1. The van der Waals surface area contributed by atoms with E-state index in [1.165, 1.54) is 13.3 Å². The summed E-state index contributed by atoms with van der Waals surface area (Å²) in [6.07, 6.45) is -1.65. The highest BCUT2D eigenvalue weighted by Gasteiger charge is 2.56. The SMILES string of the molecule is CC(C)OC(=O)[C@H](C)NP(=O)(OC[C@H]1O[C@@H](n2cnc3c(Cl)nc(N)nc32)[C@@H]2OC(C)(C)O[C@@H]21)Oc1ccccc1. The molecule has 2 aliphatic heterocycles. The summed E-state index contributed by atoms with van der Waals surface area (Å²) in [5, 5.41) is 2.77. The normalized spacial score (nSPS) is 25.6. The Labute approximate surface area is 241 Å². The summed E-state index contributed by atoms with van der Waals surface area (Å²) in [6.45, 7) is 8.24. The molecule has 2 aromatic heterocycles. The van der Waals surface area contributed by atoms with Gasteiger partial charge in [0.25, 0.3) is 0 Å². The second-order valence-electron chi connectivity index (χ2n) is 10.4. The van der Waals surface area contributed by atoms with E-state index >= 15 is 0 Å². The lowest BCUT2D eigenvalue weighted by Gasteiger charge is -2.27. The largest absolute Gasteiger partial charge is 0.462 e. The number of hydrogen-bond acceptors (Lipinski definition) is 12. The minimum Gasteiger partial charge on any atom is -0.462 e. The lowest BCUT2D eigenvalue weighted by Crippen LogP contribution is -2.38. The number of halogens is 1. The minimum absolute atomic E-state index is 0.0298. The molecule has 0 aliphatic carbocycles. The molecule has 2 fully saturated rings. The number of nitrogens with zero attached hydrogens (tertiary/aromatic N) is 4. The zero-order valence-corrected chi connectivity index (χ0v) is 24.7. The number of carbonyl (C=O) groups excluding carboxylic acids is 1. The van der Waals surface area contributed by atoms with Crippen molar-refractivity contribution in [1.82, 2.24) is 24.6 Å². The van der Waals surface area contributed by atoms with Crippen molar-refractivity contribution >= 4 is 42.4 Å². The molecule has 41 heavy (non-hydrogen) atoms. The van der Waals surface area contributed by atoms with Crippen LogP contribution >= 0.6 is 19.3 Å². The number of nitrogen functional groups attached to an aromatic ring is 1. The first kappa shape index (κ1) is 29.6. The average Bonchev–Trinajstić information content (AvgIpc) is 3.53. The number of rotatable bonds is 10. The fraction of sp³-hybridized carbons (Fsp3) is 0.520. The van der Waals surface area contributed by atoms with Crippen molar-refractivity contribution in [2.45, 2.75) is 77.1 Å². The summed E-state index contributed by atoms with van der Waals surface area (Å²) >= 11 is 6.22. The third-order valence-electron chi connectivity index (χ3n) is 6.23. The molecule has 5 rings (SSSR count). The van der Waals surface area contributed by atoms with Crippen molar-refractivity contribution in [2.75, 3.05) is 12.3 Å². The highest BCUT2D eigenvalue weighted by atomic mass is 35.5. The van der Waals surface area contributed by atoms with E-state index in [-0.39, 0.29) is 29.6 Å². The van der Waals surface area contributed by atoms with Gasteiger partial charge in [-0.15, -0.1) is 0 Å². The summed E-state index contributed by atoms with van der Waals surface area (Å²) < 4.78 is 51.1. The van der Waals surface area contributed by atoms with Crippen molar-refractivity contribution in [3.05, 3.63) is 41.8 Å². The van der Waals surface area contributed by atoms with Crippen LogP contribution in [0.4, 0.5) is 5.95 Å². The zero-order valence-electron chi connectivity index (χ0n) is 23.1. The maximum absolute atomic E-state index is 14.0. The second kappa shape index (κ2) is 11.4. The molecule has 0 bridgehead atoms. The Bertz CT molecular complexity index is 1460. The van der Waals surface area contributed by atoms with Crippen LogP contribution in [0.3, 0.4) is 0 Å². The number of fused-ring (bicyclic) bond motifs is 2. The van der Waals surface area contributed by atoms with Crippen LogP contribution in [0.25, 0.3) is 11.2 Å². The second-order valence-corrected chi connectivity index (χ2v) is 12.4. The molecular weight excluding hydrogens is 579 g/mol. The van der Waals surface area contributed by atoms with Crippen molar-refractivity contribution < 1.29 is 37.4 Å². The van der Waals surface area contributed by atoms with Crippen LogP contribution in [0.15, 0.2) is 36.7 Å². The molecule has 14 nitrogen and oxygen atoms in total. The number of hydrogen-bond donors (Lipinski definition) is 2. The van der Waals surface area contributed by atoms with Crippen LogP contribution in [0.5, 0.6) is 5.75 Å². The molecule has 0 saturated carbocycles. The number of anilines is 1. The Morgan fingerprint density at radius 2 is 1.90 bits per heavy atom. The standard InChI is InChI=1S/C25H32ClN6O8P/c1-13(2)36-23(33)14(3)31-41(34,40-15-9-7-6-8-10-15)35-11-16-18-19(39-25(4,5)38-18)22(37-16)32-12-28-17-20(26)29-24(27)30-21(17)32/h6-10,12-14,16,18-19,22H,11H2,1-5H3,(H,31,34)(H2,27,29,30)/t14-,16+,18+,19+,22+,41?/m0/s1. The summed E-state index contributed by atoms with van der Waals surface area (Å²) in [5.74, 6) is -1.32. The maximum Gasteiger partial charge on any atom is 0.459 e. The number of esters is 1. The molecule has 1 unspecified atom stereocenters. The third kappa shape index (κ3) is 6.49. The van der Waals surface area contributed by atoms with Gasteiger partial charge in [0.05, 0.1) is 19.0 Å². The zero-order chi connectivity index (χ0) is 29.5. The Morgan fingerprint density at radius 3 is 2.61 bits per heavy atom. The van der Waals surface area contributed by atoms with Gasteiger partial charge >= 0.3 is 13.7 Å². The molecule has 3 N–H and O–H groups in total. The monoisotopic (exact) mass is 610 g/mol. The molecular formula is C25H32ClN6O8P. The fourth-order valence-electron chi connectivity index (χ4n) is 4.61. The van der Waals surface area contributed by atoms with E-state index < -0.39 is 50.1 Å². The van der Waals surface area contributed by atoms with Crippen LogP contribution in [-0.4, -0.2) is 68.3 Å². The first-order valence-corrected chi connectivity index (χ1v) is 14.9. The summed E-state index contributed by atoms with van der Waals surface area (Å²) in [5.41, 5.74) is 6.51. The van der Waals surface area contributed by atoms with Crippen LogP contribution in [0.2, 0.25) is 5.15 Å². The molecule has 2 aliphatic rings. The number of imidazole rings is 1. The number of ether oxygens (including phenoxy) is 4. The van der Waals surface area contributed by atoms with Gasteiger partial charge in [-0.3, -0.25) is 13.9 Å². The van der Waals surface area contributed by atoms with Gasteiger partial charge in [-0.1, -0.05) is 29.8 Å². The van der Waals surface area contributed by atoms with Gasteiger partial charge in [0.2, 0.25) is 5.95 Å². The lowest BCUT2D eigenvalue weighted by molar-refractivity contribution is -0.199. The van der Waals surface area contributed by atoms with Crippen molar-refractivity contribution in [2.24, 2.45) is 0 Å². The number of nitrogens with two attached hydrogens (primary N) is 1. The maximum atomic E-state index is 14.0. The van der Waals surface area contributed by atoms with Gasteiger partial charge in [0.15, 0.2) is 22.8 Å². The van der Waals surface area contributed by atoms with Crippen LogP contribution < -0.4 is 15.3 Å². The topological polar surface area (TPSA) is 171 Å². The first-order valence-electron chi connectivity index (χ1n) is 13.0. The van der Waals surface area contributed by atoms with E-state index in [4.69, 9.17) is 45.3 Å². The minimum atomic E-state index is -4.15. The van der Waals surface area contributed by atoms with Crippen LogP contribution in [0, 0.1) is 0 Å². The van der Waals surface area contributed by atoms with E-state index in [0.29, 0.717) is 11.2 Å². The van der Waals surface area contributed by atoms with Gasteiger partial charge in [-0.05, 0) is 46.8 Å². The van der Waals surface area contributed by atoms with E-state index in [0.717, 1.165) is 0 Å². The molecule has 4 heterocycles. The molecule has 1 aromatic carbocycles. The number of nitrogens with one attached hydrogen (secondary N) is 1. The quantitative estimate of drug-likeness (QED) is 0.194.